The fraction of sp³-hybridized carbons (Fsp3) is 0.458. The average molecular weight is 456 g/mol. The minimum absolute atomic E-state index is 0.192. The Kier molecular flexibility index (Phi) is 6.38. The van der Waals surface area contributed by atoms with Gasteiger partial charge >= 0.3 is 0 Å². The number of halogens is 1. The van der Waals surface area contributed by atoms with Crippen LogP contribution >= 0.6 is 15.9 Å². The molecule has 1 saturated heterocycles. The van der Waals surface area contributed by atoms with E-state index in [0.717, 1.165) is 62.0 Å². The fourth-order valence-corrected chi connectivity index (χ4v) is 4.67. The molecule has 1 atom stereocenters. The first-order valence-corrected chi connectivity index (χ1v) is 11.4. The maximum Gasteiger partial charge on any atom is 0.230 e. The monoisotopic (exact) mass is 455 g/mol. The molecule has 1 N–H and O–H groups in total. The van der Waals surface area contributed by atoms with Crippen LogP contribution in [0.15, 0.2) is 59.1 Å². The highest BCUT2D eigenvalue weighted by atomic mass is 79.9. The Morgan fingerprint density at radius 3 is 2.52 bits per heavy atom. The Morgan fingerprint density at radius 1 is 1.10 bits per heavy atom. The fourth-order valence-electron chi connectivity index (χ4n) is 4.41. The largest absolute Gasteiger partial charge is 0.355 e. The molecule has 1 amide bonds. The van der Waals surface area contributed by atoms with Crippen molar-refractivity contribution in [3.8, 4) is 0 Å². The third-order valence-electron chi connectivity index (χ3n) is 6.37. The Bertz CT molecular complexity index is 820. The number of hydrogen-bond acceptors (Lipinski definition) is 3. The summed E-state index contributed by atoms with van der Waals surface area (Å²) < 4.78 is 1.05. The zero-order chi connectivity index (χ0) is 20.3. The zero-order valence-corrected chi connectivity index (χ0v) is 18.7. The summed E-state index contributed by atoms with van der Waals surface area (Å²) >= 11 is 3.48. The third-order valence-corrected chi connectivity index (χ3v) is 6.90. The van der Waals surface area contributed by atoms with Crippen molar-refractivity contribution in [1.82, 2.24) is 15.1 Å². The molecule has 0 spiro atoms. The summed E-state index contributed by atoms with van der Waals surface area (Å²) in [5, 5.41) is 3.21. The maximum absolute atomic E-state index is 12.8. The molecule has 1 aliphatic heterocycles. The van der Waals surface area contributed by atoms with Crippen molar-refractivity contribution >= 4 is 21.8 Å². The van der Waals surface area contributed by atoms with Crippen LogP contribution in [0.5, 0.6) is 0 Å². The molecule has 1 unspecified atom stereocenters. The van der Waals surface area contributed by atoms with E-state index in [4.69, 9.17) is 0 Å². The highest BCUT2D eigenvalue weighted by Gasteiger charge is 2.50. The number of carbonyl (C=O) groups excluding carboxylic acids is 1. The van der Waals surface area contributed by atoms with Crippen LogP contribution in [0.4, 0.5) is 0 Å². The van der Waals surface area contributed by atoms with Gasteiger partial charge < -0.3 is 10.2 Å². The summed E-state index contributed by atoms with van der Waals surface area (Å²) in [6.45, 7) is 4.99. The Balaban J connectivity index is 1.29. The predicted octanol–water partition coefficient (Wildman–Crippen LogP) is 3.98. The van der Waals surface area contributed by atoms with Crippen LogP contribution < -0.4 is 5.32 Å². The van der Waals surface area contributed by atoms with Gasteiger partial charge in [-0.25, -0.2) is 0 Å². The van der Waals surface area contributed by atoms with Crippen molar-refractivity contribution in [2.45, 2.75) is 30.7 Å². The number of nitrogens with zero attached hydrogens (tertiary/aromatic N) is 2. The van der Waals surface area contributed by atoms with Crippen molar-refractivity contribution in [3.63, 3.8) is 0 Å². The normalized spacial score (nSPS) is 21.7. The van der Waals surface area contributed by atoms with Crippen LogP contribution in [0.2, 0.25) is 0 Å². The molecule has 2 aliphatic rings. The minimum atomic E-state index is -0.291. The zero-order valence-electron chi connectivity index (χ0n) is 17.1. The second-order valence-electron chi connectivity index (χ2n) is 8.42. The van der Waals surface area contributed by atoms with Gasteiger partial charge in [0.2, 0.25) is 5.91 Å². The minimum Gasteiger partial charge on any atom is -0.355 e. The number of benzene rings is 2. The van der Waals surface area contributed by atoms with E-state index in [-0.39, 0.29) is 11.3 Å². The van der Waals surface area contributed by atoms with Gasteiger partial charge in [-0.15, -0.1) is 0 Å². The van der Waals surface area contributed by atoms with Crippen LogP contribution in [-0.4, -0.2) is 55.5 Å². The van der Waals surface area contributed by atoms with Gasteiger partial charge in [-0.3, -0.25) is 9.69 Å². The molecule has 4 rings (SSSR count). The van der Waals surface area contributed by atoms with Crippen molar-refractivity contribution in [3.05, 3.63) is 70.2 Å². The lowest BCUT2D eigenvalue weighted by molar-refractivity contribution is -0.123. The van der Waals surface area contributed by atoms with Crippen molar-refractivity contribution in [2.24, 2.45) is 0 Å². The van der Waals surface area contributed by atoms with E-state index in [9.17, 15) is 4.79 Å². The number of nitrogens with one attached hydrogen (secondary N) is 1. The molecule has 4 nitrogen and oxygen atoms in total. The standard InChI is InChI=1S/C24H30BrN3O/c1-27-16-17-28(22(18-27)19-6-3-2-4-7-19)15-5-14-26-23(29)24(12-13-24)20-8-10-21(25)11-9-20/h2-4,6-11,22H,5,12-18H2,1H3,(H,26,29). The number of hydrogen-bond donors (Lipinski definition) is 1. The van der Waals surface area contributed by atoms with E-state index in [2.05, 4.69) is 80.6 Å². The second-order valence-corrected chi connectivity index (χ2v) is 9.34. The van der Waals surface area contributed by atoms with E-state index >= 15 is 0 Å². The Morgan fingerprint density at radius 2 is 1.83 bits per heavy atom. The van der Waals surface area contributed by atoms with Crippen LogP contribution in [0.25, 0.3) is 0 Å². The molecule has 2 aromatic rings. The van der Waals surface area contributed by atoms with Crippen LogP contribution in [0.1, 0.15) is 36.4 Å². The average Bonchev–Trinajstić information content (AvgIpc) is 3.55. The van der Waals surface area contributed by atoms with E-state index in [1.54, 1.807) is 0 Å². The van der Waals surface area contributed by atoms with E-state index in [1.807, 2.05) is 12.1 Å². The number of likely N-dealkylation sites (N-methyl/N-ethyl adjacent to an activating group) is 1. The summed E-state index contributed by atoms with van der Waals surface area (Å²) in [6, 6.07) is 19.4. The molecule has 0 aromatic heterocycles. The number of amides is 1. The van der Waals surface area contributed by atoms with Gasteiger partial charge in [0.1, 0.15) is 0 Å². The number of rotatable bonds is 7. The van der Waals surface area contributed by atoms with Gasteiger partial charge in [0.25, 0.3) is 0 Å². The Hall–Kier alpha value is -1.69. The topological polar surface area (TPSA) is 35.6 Å². The molecule has 1 heterocycles. The van der Waals surface area contributed by atoms with Gasteiger partial charge in [0.05, 0.1) is 5.41 Å². The SMILES string of the molecule is CN1CCN(CCCNC(=O)C2(c3ccc(Br)cc3)CC2)C(c2ccccc2)C1. The van der Waals surface area contributed by atoms with E-state index in [0.29, 0.717) is 6.04 Å². The van der Waals surface area contributed by atoms with Gasteiger partial charge in [0.15, 0.2) is 0 Å². The van der Waals surface area contributed by atoms with Gasteiger partial charge in [-0.2, -0.15) is 0 Å². The lowest BCUT2D eigenvalue weighted by atomic mass is 9.95. The summed E-state index contributed by atoms with van der Waals surface area (Å²) in [5.41, 5.74) is 2.23. The molecule has 29 heavy (non-hydrogen) atoms. The molecule has 2 aromatic carbocycles. The van der Waals surface area contributed by atoms with E-state index < -0.39 is 0 Å². The van der Waals surface area contributed by atoms with Crippen LogP contribution in [0.3, 0.4) is 0 Å². The third kappa shape index (κ3) is 4.73. The van der Waals surface area contributed by atoms with Crippen molar-refractivity contribution in [2.75, 3.05) is 39.8 Å². The van der Waals surface area contributed by atoms with Crippen molar-refractivity contribution in [1.29, 1.82) is 0 Å². The van der Waals surface area contributed by atoms with Crippen LogP contribution in [0, 0.1) is 0 Å². The van der Waals surface area contributed by atoms with Gasteiger partial charge in [-0.1, -0.05) is 58.4 Å². The van der Waals surface area contributed by atoms with Crippen LogP contribution in [-0.2, 0) is 10.2 Å². The van der Waals surface area contributed by atoms with Gasteiger partial charge in [0, 0.05) is 43.2 Å². The molecule has 1 aliphatic carbocycles. The second kappa shape index (κ2) is 8.99. The lowest BCUT2D eigenvalue weighted by Crippen LogP contribution is -2.47. The highest BCUT2D eigenvalue weighted by molar-refractivity contribution is 9.10. The quantitative estimate of drug-likeness (QED) is 0.641. The van der Waals surface area contributed by atoms with E-state index in [1.165, 1.54) is 5.56 Å². The molecule has 154 valence electrons. The molecule has 0 bridgehead atoms. The summed E-state index contributed by atoms with van der Waals surface area (Å²) in [4.78, 5) is 17.8. The van der Waals surface area contributed by atoms with Gasteiger partial charge in [-0.05, 0) is 49.6 Å². The maximum atomic E-state index is 12.8. The lowest BCUT2D eigenvalue weighted by Gasteiger charge is -2.40. The molecule has 1 saturated carbocycles. The summed E-state index contributed by atoms with van der Waals surface area (Å²) in [6.07, 6.45) is 2.89. The van der Waals surface area contributed by atoms with Crippen molar-refractivity contribution < 1.29 is 4.79 Å². The number of carbonyl (C=O) groups is 1. The smallest absolute Gasteiger partial charge is 0.230 e. The first kappa shape index (κ1) is 20.6. The molecular weight excluding hydrogens is 426 g/mol. The first-order valence-electron chi connectivity index (χ1n) is 10.6. The number of piperazine rings is 1. The molecule has 2 fully saturated rings. The Labute approximate surface area is 182 Å². The summed E-state index contributed by atoms with van der Waals surface area (Å²) in [5.74, 6) is 0.192. The molecule has 0 radical (unpaired) electrons. The first-order chi connectivity index (χ1) is 14.1. The summed E-state index contributed by atoms with van der Waals surface area (Å²) in [7, 11) is 2.20. The predicted molar refractivity (Wildman–Crippen MR) is 121 cm³/mol. The molecular formula is C24H30BrN3O. The molecule has 5 heteroatoms. The highest BCUT2D eigenvalue weighted by Crippen LogP contribution is 2.48.